The molecule has 4 heterocycles. The molecule has 0 saturated heterocycles. The van der Waals surface area contributed by atoms with Gasteiger partial charge >= 0.3 is 11.9 Å². The average Bonchev–Trinajstić information content (AvgIpc) is 1.63. The fourth-order valence-corrected chi connectivity index (χ4v) is 14.4. The van der Waals surface area contributed by atoms with E-state index in [1.807, 2.05) is 59.2 Å². The molecule has 6 atom stereocenters. The summed E-state index contributed by atoms with van der Waals surface area (Å²) in [7, 11) is -1.79. The van der Waals surface area contributed by atoms with Crippen LogP contribution in [0.3, 0.4) is 0 Å². The zero-order chi connectivity index (χ0) is 82.4. The van der Waals surface area contributed by atoms with Crippen molar-refractivity contribution in [3.8, 4) is 23.0 Å². The van der Waals surface area contributed by atoms with Gasteiger partial charge in [-0.05, 0) is 196 Å². The first kappa shape index (κ1) is 88.0. The number of rotatable bonds is 34. The zero-order valence-corrected chi connectivity index (χ0v) is 67.4. The molecule has 0 fully saturated rings. The van der Waals surface area contributed by atoms with E-state index in [9.17, 15) is 69.9 Å². The molecule has 0 spiro atoms. The smallest absolute Gasteiger partial charge is 0.305 e. The molecule has 0 radical (unpaired) electrons. The Kier molecular flexibility index (Phi) is 31.8. The van der Waals surface area contributed by atoms with Gasteiger partial charge in [-0.2, -0.15) is 16.8 Å². The van der Waals surface area contributed by atoms with E-state index in [1.165, 1.54) is 34.0 Å². The molecule has 0 aliphatic carbocycles. The summed E-state index contributed by atoms with van der Waals surface area (Å²) >= 11 is 0. The van der Waals surface area contributed by atoms with Gasteiger partial charge in [0.15, 0.2) is 34.6 Å². The number of phenolic OH excluding ortho intramolecular Hbond substituents is 1. The lowest BCUT2D eigenvalue weighted by Crippen LogP contribution is -2.39. The van der Waals surface area contributed by atoms with Crippen molar-refractivity contribution in [2.75, 3.05) is 61.4 Å². The van der Waals surface area contributed by atoms with E-state index < -0.39 is 50.1 Å². The molecule has 0 aromatic heterocycles. The molecule has 0 unspecified atom stereocenters. The highest BCUT2D eigenvalue weighted by molar-refractivity contribution is 7.86. The number of hydrogen-bond donors (Lipinski definition) is 5. The van der Waals surface area contributed by atoms with E-state index in [2.05, 4.69) is 42.9 Å². The second kappa shape index (κ2) is 40.8. The number of nitrogens with zero attached hydrogens (tertiary/aromatic N) is 2. The van der Waals surface area contributed by atoms with Crippen molar-refractivity contribution < 1.29 is 102 Å². The summed E-state index contributed by atoms with van der Waals surface area (Å²) < 4.78 is 82.2. The number of esters is 2. The van der Waals surface area contributed by atoms with Crippen LogP contribution in [0.4, 0.5) is 22.7 Å². The molecule has 6 amide bonds. The molecule has 10 rings (SSSR count). The van der Waals surface area contributed by atoms with Gasteiger partial charge in [-0.15, -0.1) is 0 Å². The molecule has 6 aromatic carbocycles. The molecule has 608 valence electrons. The van der Waals surface area contributed by atoms with Crippen molar-refractivity contribution in [2.45, 2.75) is 188 Å². The van der Waals surface area contributed by atoms with E-state index in [0.29, 0.717) is 95.0 Å². The Morgan fingerprint density at radius 1 is 0.496 bits per heavy atom. The topological polar surface area (TPSA) is 378 Å². The van der Waals surface area contributed by atoms with Crippen LogP contribution in [0.25, 0.3) is 0 Å². The van der Waals surface area contributed by atoms with E-state index in [0.717, 1.165) is 78.2 Å². The van der Waals surface area contributed by atoms with Crippen LogP contribution in [-0.2, 0) is 128 Å². The summed E-state index contributed by atoms with van der Waals surface area (Å²) in [5.41, 5.74) is 10.6. The maximum Gasteiger partial charge on any atom is 0.305 e. The van der Waals surface area contributed by atoms with Crippen molar-refractivity contribution in [3.05, 3.63) is 165 Å². The average molecular weight is 1600 g/mol. The normalized spacial score (nSPS) is 15.5. The van der Waals surface area contributed by atoms with Crippen LogP contribution in [0.2, 0.25) is 0 Å². The maximum absolute atomic E-state index is 13.9. The summed E-state index contributed by atoms with van der Waals surface area (Å²) in [5, 5.41) is 20.8. The van der Waals surface area contributed by atoms with E-state index in [4.69, 9.17) is 22.6 Å². The van der Waals surface area contributed by atoms with E-state index in [-0.39, 0.29) is 129 Å². The van der Waals surface area contributed by atoms with Crippen LogP contribution in [0.1, 0.15) is 177 Å². The number of methoxy groups -OCH3 is 4. The minimum absolute atomic E-state index is 0.000694. The quantitative estimate of drug-likeness (QED) is 0.0142. The zero-order valence-electron chi connectivity index (χ0n) is 65.7. The maximum atomic E-state index is 13.9. The molecule has 0 bridgehead atoms. The Hall–Kier alpha value is -10.6. The van der Waals surface area contributed by atoms with E-state index >= 15 is 0 Å². The molecular formula is C83H102N6O22S2. The highest BCUT2D eigenvalue weighted by Gasteiger charge is 2.40. The lowest BCUT2D eigenvalue weighted by molar-refractivity contribution is -0.141. The Morgan fingerprint density at radius 2 is 0.894 bits per heavy atom. The number of unbranched alkanes of at least 4 members (excludes halogenated alkanes) is 2. The third-order valence-electron chi connectivity index (χ3n) is 19.8. The third-order valence-corrected chi connectivity index (χ3v) is 20.9. The summed E-state index contributed by atoms with van der Waals surface area (Å²) in [6.07, 6.45) is 9.91. The summed E-state index contributed by atoms with van der Waals surface area (Å²) in [6, 6.07) is 31.7. The van der Waals surface area contributed by atoms with Gasteiger partial charge in [0.05, 0.1) is 66.2 Å². The number of fused-ring (bicyclic) bond motifs is 8. The first-order valence-corrected chi connectivity index (χ1v) is 41.2. The lowest BCUT2D eigenvalue weighted by Gasteiger charge is -2.23. The first-order chi connectivity index (χ1) is 53.7. The molecule has 5 N–H and O–H groups in total. The fourth-order valence-electron chi connectivity index (χ4n) is 13.7. The molecule has 6 aromatic rings. The number of ether oxygens (including phenoxy) is 5. The van der Waals surface area contributed by atoms with Crippen molar-refractivity contribution in [1.29, 1.82) is 0 Å². The summed E-state index contributed by atoms with van der Waals surface area (Å²) in [5.74, 6) is -3.05. The lowest BCUT2D eigenvalue weighted by atomic mass is 9.99. The number of benzene rings is 6. The number of ketones is 2. The first-order valence-electron chi connectivity index (χ1n) is 37.6. The van der Waals surface area contributed by atoms with Crippen LogP contribution in [0.15, 0.2) is 109 Å². The van der Waals surface area contributed by atoms with Crippen LogP contribution < -0.4 is 45.3 Å². The number of anilines is 4. The second-order valence-electron chi connectivity index (χ2n) is 28.7. The third kappa shape index (κ3) is 25.5. The standard InChI is InChI=1S/C41H49N3O11S.C24H36N2O8S.C18H17NO3/c1-25(16-35(45)26(2)42-38(46)12-8-9-13-39(47)53-4)40(48)43-31-18-27(17-28(19-31)24-55-56(5,50)51)23-54-37-21-29-14-15-32-20-30-10-6-7-11-34(30)44(32)41(49)33(29)22-36(37)52-3;1-6-18-12-19(15-34-35(5,31)32)14-20(13-18)26-24(30)16(2)11-21(27)17(3)25-22(28)9-7-8-10-23(29)33-4;1-22-17-10-14-11(9-16(17)20)6-7-13-8-12-4-2-3-5-15(12)19(13)18(14)21/h6-7,10-11,17-19,21-22,25-26,32H,8-9,12-16,20,23-24H2,1-5H3,(H,42,46)(H,43,48);12-14,16-17H,6-11,15H2,1-5H3,(H,25,28)(H,26,30);2-5,9-10,13,20H,6-8H2,1H3/t25-,26+,32-;16-,17+;13-/m111/s1. The number of carbonyl (C=O) groups excluding carboxylic acids is 10. The molecule has 30 heteroatoms. The summed E-state index contributed by atoms with van der Waals surface area (Å²) in [4.78, 5) is 129. The van der Waals surface area contributed by atoms with Crippen LogP contribution in [0.5, 0.6) is 23.0 Å². The monoisotopic (exact) mass is 1600 g/mol. The van der Waals surface area contributed by atoms with Crippen molar-refractivity contribution in [2.24, 2.45) is 11.8 Å². The number of Topliss-reactive ketones (excluding diaryl/α,β-unsaturated/α-hetero) is 2. The van der Waals surface area contributed by atoms with Gasteiger partial charge in [0.2, 0.25) is 23.6 Å². The number of aromatic hydroxyl groups is 1. The Labute approximate surface area is 659 Å². The summed E-state index contributed by atoms with van der Waals surface area (Å²) in [6.45, 7) is 7.80. The predicted octanol–water partition coefficient (Wildman–Crippen LogP) is 10.5. The number of aryl methyl sites for hydroxylation is 3. The van der Waals surface area contributed by atoms with Gasteiger partial charge < -0.3 is 59.9 Å². The minimum atomic E-state index is -3.78. The largest absolute Gasteiger partial charge is 0.504 e. The van der Waals surface area contributed by atoms with Crippen molar-refractivity contribution in [1.82, 2.24) is 10.6 Å². The van der Waals surface area contributed by atoms with Gasteiger partial charge in [-0.1, -0.05) is 63.2 Å². The molecule has 28 nitrogen and oxygen atoms in total. The van der Waals surface area contributed by atoms with Crippen LogP contribution in [-0.4, -0.2) is 146 Å². The number of phenols is 1. The fraction of sp³-hybridized carbons (Fsp3) is 0.446. The molecular weight excluding hydrogens is 1500 g/mol. The van der Waals surface area contributed by atoms with Gasteiger partial charge in [0.1, 0.15) is 6.61 Å². The number of hydrogen-bond acceptors (Lipinski definition) is 22. The molecule has 4 aliphatic rings. The van der Waals surface area contributed by atoms with Gasteiger partial charge in [0.25, 0.3) is 32.1 Å². The SMILES string of the molecule is CCc1cc(COS(C)(=O)=O)cc(NC(=O)[C@H](C)CC(=O)[C@H](C)NC(=O)CCCCC(=O)OC)c1.COC(=O)CCCCC(=O)N[C@@H](C)C(=O)C[C@@H](C)C(=O)Nc1cc(COc2cc3c(cc2OC)C(=O)N2c4ccccc4C[C@H]2CC3)cc(COS(C)(=O)=O)c1.COc1cc2c(cc1O)CC[C@@H]1Cc3ccccc3N1C2=O. The number of nitrogens with one attached hydrogen (secondary N) is 4. The number of para-hydroxylation sites is 2. The van der Waals surface area contributed by atoms with Gasteiger partial charge in [0, 0.05) is 96.3 Å². The van der Waals surface area contributed by atoms with Crippen molar-refractivity contribution >= 4 is 102 Å². The van der Waals surface area contributed by atoms with Crippen molar-refractivity contribution in [3.63, 3.8) is 0 Å². The second-order valence-corrected chi connectivity index (χ2v) is 31.9. The highest BCUT2D eigenvalue weighted by atomic mass is 32.2. The Bertz CT molecular complexity index is 4740. The van der Waals surface area contributed by atoms with E-state index in [1.54, 1.807) is 82.3 Å². The predicted molar refractivity (Wildman–Crippen MR) is 423 cm³/mol. The minimum Gasteiger partial charge on any atom is -0.504 e. The Balaban J connectivity index is 0.000000237. The van der Waals surface area contributed by atoms with Crippen LogP contribution in [0, 0.1) is 11.8 Å². The van der Waals surface area contributed by atoms with Gasteiger partial charge in [-0.25, -0.2) is 0 Å². The number of carbonyl (C=O) groups is 10. The molecule has 113 heavy (non-hydrogen) atoms. The Morgan fingerprint density at radius 3 is 1.32 bits per heavy atom. The highest BCUT2D eigenvalue weighted by Crippen LogP contribution is 2.43. The number of amides is 6. The van der Waals surface area contributed by atoms with Crippen LogP contribution >= 0.6 is 0 Å². The molecule has 0 saturated carbocycles. The van der Waals surface area contributed by atoms with Gasteiger partial charge in [-0.3, -0.25) is 56.3 Å². The molecule has 4 aliphatic heterocycles.